The molecule has 5 rings (SSSR count). The molecule has 8 heteroatoms. The Bertz CT molecular complexity index is 1220. The highest BCUT2D eigenvalue weighted by Crippen LogP contribution is 2.50. The molecule has 1 amide bonds. The van der Waals surface area contributed by atoms with Gasteiger partial charge in [-0.3, -0.25) is 9.59 Å². The Morgan fingerprint density at radius 2 is 1.97 bits per heavy atom. The number of para-hydroxylation sites is 1. The number of hydrogen-bond acceptors (Lipinski definition) is 7. The second-order valence-corrected chi connectivity index (χ2v) is 8.09. The third-order valence-electron chi connectivity index (χ3n) is 5.59. The number of rotatable bonds is 5. The number of thiophene rings is 1. The molecule has 2 atom stereocenters. The number of methoxy groups -OCH3 is 2. The fraction of sp³-hybridized carbons (Fsp3) is 0.174. The van der Waals surface area contributed by atoms with Crippen molar-refractivity contribution in [3.8, 4) is 11.5 Å². The van der Waals surface area contributed by atoms with Gasteiger partial charge in [-0.05, 0) is 29.6 Å². The minimum Gasteiger partial charge on any atom is -0.497 e. The number of ether oxygens (including phenoxy) is 2. The molecule has 1 spiro atoms. The van der Waals surface area contributed by atoms with Crippen molar-refractivity contribution in [2.24, 2.45) is 11.1 Å². The Kier molecular flexibility index (Phi) is 4.51. The molecule has 0 fully saturated rings. The monoisotopic (exact) mass is 434 g/mol. The zero-order chi connectivity index (χ0) is 21.6. The Morgan fingerprint density at radius 3 is 2.71 bits per heavy atom. The first-order chi connectivity index (χ1) is 15.1. The molecule has 1 N–H and O–H groups in total. The summed E-state index contributed by atoms with van der Waals surface area (Å²) in [5, 5.41) is 8.95. The summed E-state index contributed by atoms with van der Waals surface area (Å²) in [5.74, 6) is -0.586. The zero-order valence-corrected chi connectivity index (χ0v) is 17.6. The van der Waals surface area contributed by atoms with Crippen LogP contribution in [0.3, 0.4) is 0 Å². The van der Waals surface area contributed by atoms with Crippen LogP contribution in [-0.4, -0.2) is 31.6 Å². The predicted molar refractivity (Wildman–Crippen MR) is 116 cm³/mol. The fourth-order valence-corrected chi connectivity index (χ4v) is 4.83. The normalized spacial score (nSPS) is 21.3. The van der Waals surface area contributed by atoms with E-state index in [0.29, 0.717) is 38.9 Å². The van der Waals surface area contributed by atoms with Gasteiger partial charge >= 0.3 is 0 Å². The number of fused-ring (bicyclic) bond motifs is 2. The van der Waals surface area contributed by atoms with Crippen LogP contribution < -0.4 is 14.8 Å². The number of ketones is 1. The van der Waals surface area contributed by atoms with Crippen LogP contribution in [0.25, 0.3) is 0 Å². The van der Waals surface area contributed by atoms with Crippen molar-refractivity contribution in [2.45, 2.75) is 5.60 Å². The lowest BCUT2D eigenvalue weighted by atomic mass is 9.75. The largest absolute Gasteiger partial charge is 0.497 e. The number of anilines is 1. The maximum absolute atomic E-state index is 13.7. The molecule has 0 radical (unpaired) electrons. The van der Waals surface area contributed by atoms with E-state index in [1.54, 1.807) is 49.6 Å². The Labute approximate surface area is 182 Å². The molecule has 2 aliphatic rings. The van der Waals surface area contributed by atoms with Crippen molar-refractivity contribution < 1.29 is 23.9 Å². The highest BCUT2D eigenvalue weighted by atomic mass is 32.1. The van der Waals surface area contributed by atoms with Gasteiger partial charge in [-0.15, -0.1) is 11.3 Å². The first kappa shape index (κ1) is 19.3. The maximum atomic E-state index is 13.7. The smallest absolute Gasteiger partial charge is 0.277 e. The van der Waals surface area contributed by atoms with Crippen LogP contribution >= 0.6 is 11.3 Å². The molecule has 0 saturated heterocycles. The van der Waals surface area contributed by atoms with Crippen molar-refractivity contribution in [3.63, 3.8) is 0 Å². The Balaban J connectivity index is 1.71. The van der Waals surface area contributed by atoms with Gasteiger partial charge in [0.25, 0.3) is 11.5 Å². The number of benzene rings is 2. The maximum Gasteiger partial charge on any atom is 0.277 e. The number of carbonyl (C=O) groups excluding carboxylic acids is 2. The average molecular weight is 434 g/mol. The van der Waals surface area contributed by atoms with Gasteiger partial charge in [-0.2, -0.15) is 0 Å². The summed E-state index contributed by atoms with van der Waals surface area (Å²) in [4.78, 5) is 33.4. The first-order valence-corrected chi connectivity index (χ1v) is 10.4. The van der Waals surface area contributed by atoms with E-state index >= 15 is 0 Å². The van der Waals surface area contributed by atoms with E-state index in [4.69, 9.17) is 14.3 Å². The van der Waals surface area contributed by atoms with Gasteiger partial charge in [0.05, 0.1) is 19.1 Å². The van der Waals surface area contributed by atoms with Gasteiger partial charge in [0.2, 0.25) is 0 Å². The molecule has 2 aromatic carbocycles. The van der Waals surface area contributed by atoms with Gasteiger partial charge in [0.15, 0.2) is 5.78 Å². The Morgan fingerprint density at radius 1 is 1.13 bits per heavy atom. The number of carbonyl (C=O) groups is 2. The number of hydrogen-bond donors (Lipinski definition) is 1. The van der Waals surface area contributed by atoms with Crippen LogP contribution in [0, 0.1) is 5.92 Å². The molecule has 0 saturated carbocycles. The van der Waals surface area contributed by atoms with Crippen molar-refractivity contribution in [1.29, 1.82) is 0 Å². The lowest BCUT2D eigenvalue weighted by Crippen LogP contribution is -2.46. The molecule has 0 aliphatic carbocycles. The topological polar surface area (TPSA) is 86.2 Å². The van der Waals surface area contributed by atoms with Gasteiger partial charge in [-0.25, -0.2) is 0 Å². The molecule has 1 aromatic heterocycles. The number of amides is 1. The van der Waals surface area contributed by atoms with E-state index in [1.165, 1.54) is 18.4 Å². The quantitative estimate of drug-likeness (QED) is 0.617. The van der Waals surface area contributed by atoms with Crippen LogP contribution in [0.5, 0.6) is 11.5 Å². The first-order valence-electron chi connectivity index (χ1n) is 9.57. The lowest BCUT2D eigenvalue weighted by molar-refractivity contribution is -0.140. The second-order valence-electron chi connectivity index (χ2n) is 7.14. The molecule has 0 unspecified atom stereocenters. The number of nitrogens with one attached hydrogen (secondary N) is 1. The standard InChI is InChI=1S/C23H18N2O5S/c1-28-13-9-10-14(17(12-13)29-2)20-19(21(26)18-8-5-11-31-18)23(30-25-20)15-6-3-4-7-16(15)24-22(23)27/h3-12,19H,1-2H3,(H,24,27)/t19-,23+/m0/s1. The summed E-state index contributed by atoms with van der Waals surface area (Å²) < 4.78 is 10.8. The van der Waals surface area contributed by atoms with Crippen LogP contribution in [0.15, 0.2) is 65.1 Å². The third-order valence-corrected chi connectivity index (χ3v) is 6.48. The average Bonchev–Trinajstić information content (AvgIpc) is 3.53. The number of Topliss-reactive ketones (excluding diaryl/α,β-unsaturated/α-hetero) is 1. The minimum absolute atomic E-state index is 0.240. The van der Waals surface area contributed by atoms with E-state index < -0.39 is 17.4 Å². The SMILES string of the molecule is COc1ccc(C2=NO[C@@]3(C(=O)Nc4ccccc43)[C@@H]2C(=O)c2cccs2)c(OC)c1. The van der Waals surface area contributed by atoms with Crippen molar-refractivity contribution >= 4 is 34.4 Å². The molecule has 156 valence electrons. The summed E-state index contributed by atoms with van der Waals surface area (Å²) in [5.41, 5.74) is 0.505. The minimum atomic E-state index is -1.59. The summed E-state index contributed by atoms with van der Waals surface area (Å²) in [6.45, 7) is 0. The summed E-state index contributed by atoms with van der Waals surface area (Å²) >= 11 is 1.31. The van der Waals surface area contributed by atoms with Crippen LogP contribution in [-0.2, 0) is 15.2 Å². The number of oxime groups is 1. The molecule has 3 aromatic rings. The zero-order valence-electron chi connectivity index (χ0n) is 16.7. The van der Waals surface area contributed by atoms with Crippen LogP contribution in [0.4, 0.5) is 5.69 Å². The molecule has 3 heterocycles. The van der Waals surface area contributed by atoms with Crippen molar-refractivity contribution in [3.05, 3.63) is 76.0 Å². The molecule has 7 nitrogen and oxygen atoms in total. The summed E-state index contributed by atoms with van der Waals surface area (Å²) in [6, 6.07) is 15.9. The Hall–Kier alpha value is -3.65. The summed E-state index contributed by atoms with van der Waals surface area (Å²) in [6.07, 6.45) is 0. The molecule has 0 bridgehead atoms. The fourth-order valence-electron chi connectivity index (χ4n) is 4.13. The molecule has 31 heavy (non-hydrogen) atoms. The molecular weight excluding hydrogens is 416 g/mol. The van der Waals surface area contributed by atoms with E-state index in [1.807, 2.05) is 17.5 Å². The van der Waals surface area contributed by atoms with E-state index in [2.05, 4.69) is 10.5 Å². The predicted octanol–water partition coefficient (Wildman–Crippen LogP) is 3.85. The van der Waals surface area contributed by atoms with Gasteiger partial charge in [0, 0.05) is 22.9 Å². The van der Waals surface area contributed by atoms with E-state index in [9.17, 15) is 9.59 Å². The van der Waals surface area contributed by atoms with Crippen molar-refractivity contribution in [2.75, 3.05) is 19.5 Å². The van der Waals surface area contributed by atoms with Gasteiger partial charge in [0.1, 0.15) is 23.1 Å². The lowest BCUT2D eigenvalue weighted by Gasteiger charge is -2.26. The third kappa shape index (κ3) is 2.75. The summed E-state index contributed by atoms with van der Waals surface area (Å²) in [7, 11) is 3.08. The van der Waals surface area contributed by atoms with E-state index in [-0.39, 0.29) is 5.78 Å². The highest BCUT2D eigenvalue weighted by Gasteiger charge is 2.63. The number of nitrogens with zero attached hydrogens (tertiary/aromatic N) is 1. The highest BCUT2D eigenvalue weighted by molar-refractivity contribution is 7.12. The molecular formula is C23H18N2O5S. The van der Waals surface area contributed by atoms with E-state index in [0.717, 1.165) is 0 Å². The van der Waals surface area contributed by atoms with Gasteiger partial charge < -0.3 is 19.6 Å². The van der Waals surface area contributed by atoms with Crippen LogP contribution in [0.2, 0.25) is 0 Å². The molecule has 2 aliphatic heterocycles. The van der Waals surface area contributed by atoms with Crippen molar-refractivity contribution in [1.82, 2.24) is 0 Å². The second kappa shape index (κ2) is 7.24. The van der Waals surface area contributed by atoms with Crippen LogP contribution in [0.1, 0.15) is 20.8 Å². The van der Waals surface area contributed by atoms with Gasteiger partial charge in [-0.1, -0.05) is 29.4 Å².